The molecule has 1 N–H and O–H groups in total. The first kappa shape index (κ1) is 15.3. The van der Waals surface area contributed by atoms with Crippen LogP contribution in [0.5, 0.6) is 0 Å². The van der Waals surface area contributed by atoms with E-state index in [0.717, 1.165) is 31.9 Å². The molecule has 1 aliphatic heterocycles. The minimum atomic E-state index is 0.108. The van der Waals surface area contributed by atoms with Gasteiger partial charge in [0, 0.05) is 55.0 Å². The lowest BCUT2D eigenvalue weighted by Gasteiger charge is -2.31. The standard InChI is InChI=1S/C17H24N4OS/c1-21-11-13(8-20-21)16-15(6-3-7-22-16)18-9-14-10-19-17(23-14)12-4-2-5-12/h8,10-12,15-16,18H,2-7,9H2,1H3/t15-,16+/m0/s1. The summed E-state index contributed by atoms with van der Waals surface area (Å²) < 4.78 is 7.87. The van der Waals surface area contributed by atoms with Crippen LogP contribution >= 0.6 is 11.3 Å². The lowest BCUT2D eigenvalue weighted by atomic mass is 9.86. The van der Waals surface area contributed by atoms with Crippen molar-refractivity contribution < 1.29 is 4.74 Å². The molecule has 1 saturated carbocycles. The van der Waals surface area contributed by atoms with Crippen molar-refractivity contribution in [1.29, 1.82) is 0 Å². The van der Waals surface area contributed by atoms with Gasteiger partial charge in [-0.25, -0.2) is 4.98 Å². The van der Waals surface area contributed by atoms with Gasteiger partial charge in [0.1, 0.15) is 6.10 Å². The van der Waals surface area contributed by atoms with Crippen molar-refractivity contribution in [3.8, 4) is 0 Å². The first-order chi connectivity index (χ1) is 11.3. The van der Waals surface area contributed by atoms with Crippen molar-refractivity contribution in [3.63, 3.8) is 0 Å². The lowest BCUT2D eigenvalue weighted by molar-refractivity contribution is -0.0111. The molecule has 0 bridgehead atoms. The van der Waals surface area contributed by atoms with Crippen LogP contribution in [-0.4, -0.2) is 27.4 Å². The second-order valence-electron chi connectivity index (χ2n) is 6.66. The molecule has 2 atom stereocenters. The predicted octanol–water partition coefficient (Wildman–Crippen LogP) is 3.15. The Balaban J connectivity index is 1.39. The van der Waals surface area contributed by atoms with Crippen LogP contribution in [0.1, 0.15) is 59.6 Å². The summed E-state index contributed by atoms with van der Waals surface area (Å²) in [5.74, 6) is 0.731. The quantitative estimate of drug-likeness (QED) is 0.914. The molecule has 6 heteroatoms. The Hall–Kier alpha value is -1.24. The second kappa shape index (κ2) is 6.71. The summed E-state index contributed by atoms with van der Waals surface area (Å²) in [5.41, 5.74) is 1.17. The molecular weight excluding hydrogens is 308 g/mol. The zero-order valence-corrected chi connectivity index (χ0v) is 14.4. The summed E-state index contributed by atoms with van der Waals surface area (Å²) >= 11 is 1.88. The zero-order valence-electron chi connectivity index (χ0n) is 13.6. The van der Waals surface area contributed by atoms with Crippen molar-refractivity contribution in [3.05, 3.63) is 34.0 Å². The van der Waals surface area contributed by atoms with E-state index >= 15 is 0 Å². The smallest absolute Gasteiger partial charge is 0.101 e. The van der Waals surface area contributed by atoms with Crippen LogP contribution in [0.4, 0.5) is 0 Å². The summed E-state index contributed by atoms with van der Waals surface area (Å²) in [6, 6.07) is 0.349. The first-order valence-electron chi connectivity index (χ1n) is 8.58. The highest BCUT2D eigenvalue weighted by molar-refractivity contribution is 7.11. The molecule has 124 valence electrons. The average Bonchev–Trinajstić information content (AvgIpc) is 3.13. The highest BCUT2D eigenvalue weighted by Gasteiger charge is 2.28. The molecule has 2 aromatic heterocycles. The summed E-state index contributed by atoms with van der Waals surface area (Å²) in [7, 11) is 1.95. The fourth-order valence-electron chi connectivity index (χ4n) is 3.39. The minimum Gasteiger partial charge on any atom is -0.372 e. The predicted molar refractivity (Wildman–Crippen MR) is 90.5 cm³/mol. The monoisotopic (exact) mass is 332 g/mol. The summed E-state index contributed by atoms with van der Waals surface area (Å²) in [6.07, 6.45) is 12.4. The van der Waals surface area contributed by atoms with Gasteiger partial charge in [-0.1, -0.05) is 6.42 Å². The molecule has 2 aliphatic rings. The van der Waals surface area contributed by atoms with E-state index in [1.165, 1.54) is 34.7 Å². The van der Waals surface area contributed by atoms with Gasteiger partial charge in [-0.2, -0.15) is 5.10 Å². The highest BCUT2D eigenvalue weighted by Crippen LogP contribution is 2.38. The number of thiazole rings is 1. The van der Waals surface area contributed by atoms with Crippen LogP contribution in [0.2, 0.25) is 0 Å². The fraction of sp³-hybridized carbons (Fsp3) is 0.647. The van der Waals surface area contributed by atoms with Crippen LogP contribution < -0.4 is 5.32 Å². The van der Waals surface area contributed by atoms with E-state index in [9.17, 15) is 0 Å². The van der Waals surface area contributed by atoms with Gasteiger partial charge in [-0.05, 0) is 25.7 Å². The van der Waals surface area contributed by atoms with E-state index < -0.39 is 0 Å². The van der Waals surface area contributed by atoms with Crippen molar-refractivity contribution in [2.75, 3.05) is 6.61 Å². The van der Waals surface area contributed by atoms with E-state index in [-0.39, 0.29) is 6.10 Å². The Bertz CT molecular complexity index is 649. The number of hydrogen-bond donors (Lipinski definition) is 1. The Morgan fingerprint density at radius 1 is 1.30 bits per heavy atom. The fourth-order valence-corrected chi connectivity index (χ4v) is 4.42. The van der Waals surface area contributed by atoms with E-state index in [1.54, 1.807) is 0 Å². The zero-order chi connectivity index (χ0) is 15.6. The molecule has 23 heavy (non-hydrogen) atoms. The summed E-state index contributed by atoms with van der Waals surface area (Å²) in [6.45, 7) is 1.72. The Morgan fingerprint density at radius 2 is 2.22 bits per heavy atom. The number of hydrogen-bond acceptors (Lipinski definition) is 5. The van der Waals surface area contributed by atoms with E-state index in [4.69, 9.17) is 4.74 Å². The summed E-state index contributed by atoms with van der Waals surface area (Å²) in [5, 5.41) is 9.31. The highest BCUT2D eigenvalue weighted by atomic mass is 32.1. The van der Waals surface area contributed by atoms with E-state index in [0.29, 0.717) is 6.04 Å². The third kappa shape index (κ3) is 3.34. The van der Waals surface area contributed by atoms with Gasteiger partial charge in [-0.15, -0.1) is 11.3 Å². The number of aryl methyl sites for hydroxylation is 1. The number of ether oxygens (including phenoxy) is 1. The van der Waals surface area contributed by atoms with Gasteiger partial charge in [-0.3, -0.25) is 4.68 Å². The van der Waals surface area contributed by atoms with Gasteiger partial charge in [0.2, 0.25) is 0 Å². The molecule has 0 spiro atoms. The Kier molecular flexibility index (Phi) is 4.46. The second-order valence-corrected chi connectivity index (χ2v) is 7.81. The molecule has 3 heterocycles. The number of nitrogens with one attached hydrogen (secondary N) is 1. The molecule has 1 saturated heterocycles. The van der Waals surface area contributed by atoms with Crippen molar-refractivity contribution in [2.24, 2.45) is 7.05 Å². The maximum absolute atomic E-state index is 6.02. The third-order valence-electron chi connectivity index (χ3n) is 4.94. The van der Waals surface area contributed by atoms with Gasteiger partial charge >= 0.3 is 0 Å². The molecule has 0 radical (unpaired) electrons. The third-order valence-corrected chi connectivity index (χ3v) is 6.10. The molecule has 4 rings (SSSR count). The van der Waals surface area contributed by atoms with Crippen molar-refractivity contribution in [1.82, 2.24) is 20.1 Å². The Morgan fingerprint density at radius 3 is 2.96 bits per heavy atom. The van der Waals surface area contributed by atoms with Gasteiger partial charge < -0.3 is 10.1 Å². The van der Waals surface area contributed by atoms with Crippen LogP contribution in [-0.2, 0) is 18.3 Å². The van der Waals surface area contributed by atoms with Crippen molar-refractivity contribution in [2.45, 2.75) is 56.7 Å². The largest absolute Gasteiger partial charge is 0.372 e. The SMILES string of the molecule is Cn1cc([C@H]2OCCC[C@@H]2NCc2cnc(C3CCC3)s2)cn1. The van der Waals surface area contributed by atoms with Crippen LogP contribution in [0, 0.1) is 0 Å². The first-order valence-corrected chi connectivity index (χ1v) is 9.39. The molecule has 2 fully saturated rings. The number of nitrogens with zero attached hydrogens (tertiary/aromatic N) is 3. The lowest BCUT2D eigenvalue weighted by Crippen LogP contribution is -2.38. The minimum absolute atomic E-state index is 0.108. The van der Waals surface area contributed by atoms with E-state index in [1.807, 2.05) is 35.5 Å². The number of aromatic nitrogens is 3. The average molecular weight is 332 g/mol. The molecular formula is C17H24N4OS. The molecule has 0 aromatic carbocycles. The normalized spacial score (nSPS) is 25.4. The molecule has 5 nitrogen and oxygen atoms in total. The molecule has 1 aliphatic carbocycles. The Labute approximate surface area is 141 Å². The topological polar surface area (TPSA) is 52.0 Å². The van der Waals surface area contributed by atoms with Crippen LogP contribution in [0.25, 0.3) is 0 Å². The molecule has 0 amide bonds. The van der Waals surface area contributed by atoms with Crippen molar-refractivity contribution >= 4 is 11.3 Å². The molecule has 0 unspecified atom stereocenters. The van der Waals surface area contributed by atoms with E-state index in [2.05, 4.69) is 21.6 Å². The van der Waals surface area contributed by atoms with Gasteiger partial charge in [0.15, 0.2) is 0 Å². The van der Waals surface area contributed by atoms with Crippen LogP contribution in [0.3, 0.4) is 0 Å². The maximum atomic E-state index is 6.02. The van der Waals surface area contributed by atoms with Gasteiger partial charge in [0.25, 0.3) is 0 Å². The van der Waals surface area contributed by atoms with Crippen LogP contribution in [0.15, 0.2) is 18.6 Å². The maximum Gasteiger partial charge on any atom is 0.101 e. The number of rotatable bonds is 5. The van der Waals surface area contributed by atoms with Gasteiger partial charge in [0.05, 0.1) is 11.2 Å². The summed E-state index contributed by atoms with van der Waals surface area (Å²) in [4.78, 5) is 5.95. The molecule has 2 aromatic rings.